The number of aromatic nitrogens is 2. The molecule has 1 aromatic carbocycles. The Bertz CT molecular complexity index is 524. The summed E-state index contributed by atoms with van der Waals surface area (Å²) in [6.07, 6.45) is 2.30. The SMILES string of the molecule is Cn1nccc1C(N)Cc1ccc(F)c(Cl)c1. The van der Waals surface area contributed by atoms with Gasteiger partial charge in [-0.25, -0.2) is 4.39 Å². The first-order chi connectivity index (χ1) is 8.08. The Balaban J connectivity index is 2.16. The second-order valence-electron chi connectivity index (χ2n) is 3.94. The van der Waals surface area contributed by atoms with E-state index in [1.54, 1.807) is 23.0 Å². The van der Waals surface area contributed by atoms with E-state index in [-0.39, 0.29) is 11.1 Å². The number of benzene rings is 1. The average Bonchev–Trinajstić information content (AvgIpc) is 2.70. The van der Waals surface area contributed by atoms with Crippen molar-refractivity contribution < 1.29 is 4.39 Å². The van der Waals surface area contributed by atoms with Crippen LogP contribution in [0.2, 0.25) is 5.02 Å². The number of halogens is 2. The zero-order chi connectivity index (χ0) is 12.4. The lowest BCUT2D eigenvalue weighted by atomic mass is 10.0. The van der Waals surface area contributed by atoms with Gasteiger partial charge in [0.05, 0.1) is 16.8 Å². The molecule has 1 atom stereocenters. The van der Waals surface area contributed by atoms with Gasteiger partial charge in [0.2, 0.25) is 0 Å². The quantitative estimate of drug-likeness (QED) is 0.913. The zero-order valence-electron chi connectivity index (χ0n) is 9.40. The van der Waals surface area contributed by atoms with Crippen LogP contribution < -0.4 is 5.73 Å². The first-order valence-corrected chi connectivity index (χ1v) is 5.63. The van der Waals surface area contributed by atoms with Crippen LogP contribution in [-0.4, -0.2) is 9.78 Å². The van der Waals surface area contributed by atoms with Crippen molar-refractivity contribution in [1.29, 1.82) is 0 Å². The molecule has 1 aromatic heterocycles. The van der Waals surface area contributed by atoms with Crippen molar-refractivity contribution in [3.8, 4) is 0 Å². The fourth-order valence-electron chi connectivity index (χ4n) is 1.77. The molecule has 1 heterocycles. The van der Waals surface area contributed by atoms with Gasteiger partial charge in [0.25, 0.3) is 0 Å². The summed E-state index contributed by atoms with van der Waals surface area (Å²) in [7, 11) is 1.84. The Morgan fingerprint density at radius 1 is 1.47 bits per heavy atom. The minimum atomic E-state index is -0.412. The molecule has 2 N–H and O–H groups in total. The van der Waals surface area contributed by atoms with Crippen molar-refractivity contribution in [2.45, 2.75) is 12.5 Å². The molecule has 0 aliphatic carbocycles. The molecule has 0 spiro atoms. The molecule has 90 valence electrons. The molecule has 0 saturated carbocycles. The standard InChI is InChI=1S/C12H13ClFN3/c1-17-12(4-5-16-17)11(15)7-8-2-3-10(14)9(13)6-8/h2-6,11H,7,15H2,1H3. The molecule has 0 aliphatic heterocycles. The molecule has 3 nitrogen and oxygen atoms in total. The van der Waals surface area contributed by atoms with E-state index in [2.05, 4.69) is 5.10 Å². The van der Waals surface area contributed by atoms with E-state index < -0.39 is 5.82 Å². The van der Waals surface area contributed by atoms with Crippen LogP contribution >= 0.6 is 11.6 Å². The van der Waals surface area contributed by atoms with E-state index in [4.69, 9.17) is 17.3 Å². The molecule has 0 amide bonds. The molecule has 0 aliphatic rings. The second kappa shape index (κ2) is 4.85. The zero-order valence-corrected chi connectivity index (χ0v) is 10.2. The molecular weight excluding hydrogens is 241 g/mol. The molecule has 5 heteroatoms. The summed E-state index contributed by atoms with van der Waals surface area (Å²) in [5.41, 5.74) is 7.91. The molecule has 0 radical (unpaired) electrons. The molecular formula is C12H13ClFN3. The van der Waals surface area contributed by atoms with Crippen LogP contribution in [0.15, 0.2) is 30.5 Å². The van der Waals surface area contributed by atoms with Crippen molar-refractivity contribution in [2.75, 3.05) is 0 Å². The highest BCUT2D eigenvalue weighted by atomic mass is 35.5. The van der Waals surface area contributed by atoms with E-state index >= 15 is 0 Å². The van der Waals surface area contributed by atoms with Crippen molar-refractivity contribution in [1.82, 2.24) is 9.78 Å². The minimum Gasteiger partial charge on any atom is -0.322 e. The highest BCUT2D eigenvalue weighted by Crippen LogP contribution is 2.20. The van der Waals surface area contributed by atoms with Gasteiger partial charge in [-0.2, -0.15) is 5.10 Å². The summed E-state index contributed by atoms with van der Waals surface area (Å²) < 4.78 is 14.7. The van der Waals surface area contributed by atoms with Crippen LogP contribution in [0.1, 0.15) is 17.3 Å². The highest BCUT2D eigenvalue weighted by Gasteiger charge is 2.11. The van der Waals surface area contributed by atoms with Crippen LogP contribution in [0.3, 0.4) is 0 Å². The van der Waals surface area contributed by atoms with Gasteiger partial charge in [0.1, 0.15) is 5.82 Å². The first-order valence-electron chi connectivity index (χ1n) is 5.25. The maximum Gasteiger partial charge on any atom is 0.141 e. The van der Waals surface area contributed by atoms with Crippen LogP contribution in [0.5, 0.6) is 0 Å². The number of hydrogen-bond donors (Lipinski definition) is 1. The summed E-state index contributed by atoms with van der Waals surface area (Å²) in [5.74, 6) is -0.412. The summed E-state index contributed by atoms with van der Waals surface area (Å²) in [6.45, 7) is 0. The molecule has 0 fully saturated rings. The van der Waals surface area contributed by atoms with Crippen molar-refractivity contribution in [2.24, 2.45) is 12.8 Å². The van der Waals surface area contributed by atoms with E-state index in [1.165, 1.54) is 6.07 Å². The third-order valence-corrected chi connectivity index (χ3v) is 2.97. The van der Waals surface area contributed by atoms with Crippen molar-refractivity contribution in [3.63, 3.8) is 0 Å². The Labute approximate surface area is 104 Å². The van der Waals surface area contributed by atoms with Crippen molar-refractivity contribution in [3.05, 3.63) is 52.6 Å². The largest absolute Gasteiger partial charge is 0.322 e. The molecule has 1 unspecified atom stereocenters. The van der Waals surface area contributed by atoms with Gasteiger partial charge in [-0.05, 0) is 30.2 Å². The summed E-state index contributed by atoms with van der Waals surface area (Å²) >= 11 is 5.72. The van der Waals surface area contributed by atoms with Gasteiger partial charge in [-0.15, -0.1) is 0 Å². The van der Waals surface area contributed by atoms with E-state index in [0.29, 0.717) is 6.42 Å². The Morgan fingerprint density at radius 2 is 2.24 bits per heavy atom. The minimum absolute atomic E-state index is 0.125. The van der Waals surface area contributed by atoms with Gasteiger partial charge >= 0.3 is 0 Å². The predicted octanol–water partition coefficient (Wildman–Crippen LogP) is 2.46. The third kappa shape index (κ3) is 2.65. The maximum atomic E-state index is 13.0. The molecule has 0 saturated heterocycles. The smallest absolute Gasteiger partial charge is 0.141 e. The Morgan fingerprint density at radius 3 is 2.82 bits per heavy atom. The molecule has 2 rings (SSSR count). The predicted molar refractivity (Wildman–Crippen MR) is 65.3 cm³/mol. The Kier molecular flexibility index (Phi) is 3.45. The normalized spacial score (nSPS) is 12.7. The van der Waals surface area contributed by atoms with Crippen LogP contribution in [0, 0.1) is 5.82 Å². The topological polar surface area (TPSA) is 43.8 Å². The summed E-state index contributed by atoms with van der Waals surface area (Å²) in [4.78, 5) is 0. The number of rotatable bonds is 3. The second-order valence-corrected chi connectivity index (χ2v) is 4.35. The highest BCUT2D eigenvalue weighted by molar-refractivity contribution is 6.30. The van der Waals surface area contributed by atoms with Gasteiger partial charge in [-0.3, -0.25) is 4.68 Å². The van der Waals surface area contributed by atoms with Crippen molar-refractivity contribution >= 4 is 11.6 Å². The van der Waals surface area contributed by atoms with E-state index in [1.807, 2.05) is 13.1 Å². The fourth-order valence-corrected chi connectivity index (χ4v) is 1.98. The van der Waals surface area contributed by atoms with Gasteiger partial charge in [0, 0.05) is 13.2 Å². The maximum absolute atomic E-state index is 13.0. The number of hydrogen-bond acceptors (Lipinski definition) is 2. The molecule has 0 bridgehead atoms. The van der Waals surface area contributed by atoms with E-state index in [0.717, 1.165) is 11.3 Å². The van der Waals surface area contributed by atoms with Crippen LogP contribution in [0.4, 0.5) is 4.39 Å². The third-order valence-electron chi connectivity index (χ3n) is 2.68. The van der Waals surface area contributed by atoms with E-state index in [9.17, 15) is 4.39 Å². The van der Waals surface area contributed by atoms with Gasteiger partial charge < -0.3 is 5.73 Å². The lowest BCUT2D eigenvalue weighted by Crippen LogP contribution is -2.17. The number of nitrogens with zero attached hydrogens (tertiary/aromatic N) is 2. The van der Waals surface area contributed by atoms with Crippen LogP contribution in [0.25, 0.3) is 0 Å². The molecule has 17 heavy (non-hydrogen) atoms. The lowest BCUT2D eigenvalue weighted by Gasteiger charge is -2.12. The monoisotopic (exact) mass is 253 g/mol. The van der Waals surface area contributed by atoms with Gasteiger partial charge in [0.15, 0.2) is 0 Å². The number of aryl methyl sites for hydroxylation is 1. The Hall–Kier alpha value is -1.39. The first kappa shape index (κ1) is 12.1. The van der Waals surface area contributed by atoms with Gasteiger partial charge in [-0.1, -0.05) is 17.7 Å². The fraction of sp³-hybridized carbons (Fsp3) is 0.250. The number of nitrogens with two attached hydrogens (primary N) is 1. The van der Waals surface area contributed by atoms with Crippen LogP contribution in [-0.2, 0) is 13.5 Å². The lowest BCUT2D eigenvalue weighted by molar-refractivity contribution is 0.611. The summed E-state index contributed by atoms with van der Waals surface area (Å²) in [6, 6.07) is 6.34. The average molecular weight is 254 g/mol. The summed E-state index contributed by atoms with van der Waals surface area (Å²) in [5, 5.41) is 4.19. The molecule has 2 aromatic rings.